The van der Waals surface area contributed by atoms with Crippen molar-refractivity contribution in [2.24, 2.45) is 17.1 Å². The zero-order valence-electron chi connectivity index (χ0n) is 8.43. The van der Waals surface area contributed by atoms with Gasteiger partial charge in [0.25, 0.3) is 0 Å². The highest BCUT2D eigenvalue weighted by atomic mass is 16.5. The predicted octanol–water partition coefficient (Wildman–Crippen LogP) is 1.93. The lowest BCUT2D eigenvalue weighted by Gasteiger charge is -2.28. The third kappa shape index (κ3) is 2.05. The molecule has 2 fully saturated rings. The van der Waals surface area contributed by atoms with E-state index in [1.807, 2.05) is 0 Å². The molecule has 0 aromatic carbocycles. The van der Waals surface area contributed by atoms with Crippen LogP contribution >= 0.6 is 0 Å². The molecule has 1 saturated heterocycles. The molecule has 1 aliphatic heterocycles. The maximum Gasteiger partial charge on any atom is 0.0535 e. The summed E-state index contributed by atoms with van der Waals surface area (Å²) in [4.78, 5) is 0. The molecule has 0 aromatic rings. The molecule has 1 aliphatic carbocycles. The lowest BCUT2D eigenvalue weighted by Crippen LogP contribution is -2.32. The predicted molar refractivity (Wildman–Crippen MR) is 53.5 cm³/mol. The van der Waals surface area contributed by atoms with Crippen LogP contribution < -0.4 is 5.73 Å². The summed E-state index contributed by atoms with van der Waals surface area (Å²) in [5, 5.41) is 0. The van der Waals surface area contributed by atoms with Crippen LogP contribution in [0.4, 0.5) is 0 Å². The molecule has 2 heteroatoms. The highest BCUT2D eigenvalue weighted by Crippen LogP contribution is 2.39. The van der Waals surface area contributed by atoms with Crippen LogP contribution in [0.5, 0.6) is 0 Å². The fraction of sp³-hybridized carbons (Fsp3) is 1.00. The zero-order chi connectivity index (χ0) is 9.15. The van der Waals surface area contributed by atoms with E-state index in [1.165, 1.54) is 38.5 Å². The van der Waals surface area contributed by atoms with Crippen molar-refractivity contribution in [1.82, 2.24) is 0 Å². The minimum absolute atomic E-state index is 0.356. The first kappa shape index (κ1) is 9.47. The van der Waals surface area contributed by atoms with Crippen LogP contribution in [0, 0.1) is 11.3 Å². The van der Waals surface area contributed by atoms with Gasteiger partial charge in [0.05, 0.1) is 6.61 Å². The van der Waals surface area contributed by atoms with Crippen molar-refractivity contribution >= 4 is 0 Å². The topological polar surface area (TPSA) is 35.2 Å². The number of nitrogens with two attached hydrogens (primary N) is 1. The summed E-state index contributed by atoms with van der Waals surface area (Å²) in [6, 6.07) is 0. The van der Waals surface area contributed by atoms with Crippen molar-refractivity contribution in [1.29, 1.82) is 0 Å². The molecule has 1 heterocycles. The summed E-state index contributed by atoms with van der Waals surface area (Å²) in [5.41, 5.74) is 6.22. The fourth-order valence-corrected chi connectivity index (χ4v) is 2.88. The van der Waals surface area contributed by atoms with Crippen molar-refractivity contribution in [3.05, 3.63) is 0 Å². The van der Waals surface area contributed by atoms with Crippen molar-refractivity contribution in [2.45, 2.75) is 38.5 Å². The van der Waals surface area contributed by atoms with E-state index in [2.05, 4.69) is 0 Å². The summed E-state index contributed by atoms with van der Waals surface area (Å²) in [6.45, 7) is 2.67. The van der Waals surface area contributed by atoms with Crippen LogP contribution in [0.25, 0.3) is 0 Å². The molecule has 0 amide bonds. The number of hydrogen-bond donors (Lipinski definition) is 1. The molecule has 76 valence electrons. The molecule has 2 rings (SSSR count). The number of rotatable bonds is 3. The SMILES string of the molecule is NCC1(CC2CCCC2)CCOC1. The van der Waals surface area contributed by atoms with Gasteiger partial charge in [-0.3, -0.25) is 0 Å². The zero-order valence-corrected chi connectivity index (χ0v) is 8.43. The van der Waals surface area contributed by atoms with E-state index in [0.717, 1.165) is 25.7 Å². The van der Waals surface area contributed by atoms with E-state index < -0.39 is 0 Å². The molecule has 2 N–H and O–H groups in total. The van der Waals surface area contributed by atoms with Gasteiger partial charge in [-0.15, -0.1) is 0 Å². The van der Waals surface area contributed by atoms with E-state index >= 15 is 0 Å². The van der Waals surface area contributed by atoms with E-state index in [9.17, 15) is 0 Å². The maximum atomic E-state index is 5.87. The Morgan fingerprint density at radius 2 is 2.08 bits per heavy atom. The van der Waals surface area contributed by atoms with Crippen molar-refractivity contribution in [2.75, 3.05) is 19.8 Å². The van der Waals surface area contributed by atoms with Gasteiger partial charge in [-0.25, -0.2) is 0 Å². The van der Waals surface area contributed by atoms with Gasteiger partial charge in [-0.1, -0.05) is 25.7 Å². The van der Waals surface area contributed by atoms with Crippen LogP contribution in [0.2, 0.25) is 0 Å². The van der Waals surface area contributed by atoms with Crippen molar-refractivity contribution < 1.29 is 4.74 Å². The van der Waals surface area contributed by atoms with E-state index in [0.29, 0.717) is 5.41 Å². The summed E-state index contributed by atoms with van der Waals surface area (Å²) < 4.78 is 5.48. The second-order valence-electron chi connectivity index (χ2n) is 4.86. The summed E-state index contributed by atoms with van der Waals surface area (Å²) in [6.07, 6.45) is 8.26. The quantitative estimate of drug-likeness (QED) is 0.725. The Kier molecular flexibility index (Phi) is 2.89. The molecule has 0 bridgehead atoms. The normalized spacial score (nSPS) is 35.8. The molecule has 2 nitrogen and oxygen atoms in total. The van der Waals surface area contributed by atoms with Crippen LogP contribution in [-0.2, 0) is 4.74 Å². The van der Waals surface area contributed by atoms with Crippen molar-refractivity contribution in [3.8, 4) is 0 Å². The monoisotopic (exact) mass is 183 g/mol. The van der Waals surface area contributed by atoms with Crippen LogP contribution in [0.1, 0.15) is 38.5 Å². The second-order valence-corrected chi connectivity index (χ2v) is 4.86. The first-order chi connectivity index (χ1) is 6.35. The van der Waals surface area contributed by atoms with Crippen molar-refractivity contribution in [3.63, 3.8) is 0 Å². The fourth-order valence-electron chi connectivity index (χ4n) is 2.88. The lowest BCUT2D eigenvalue weighted by molar-refractivity contribution is 0.137. The highest BCUT2D eigenvalue weighted by molar-refractivity contribution is 4.87. The Bertz CT molecular complexity index is 157. The number of hydrogen-bond acceptors (Lipinski definition) is 2. The van der Waals surface area contributed by atoms with E-state index in [4.69, 9.17) is 10.5 Å². The van der Waals surface area contributed by atoms with E-state index in [-0.39, 0.29) is 0 Å². The van der Waals surface area contributed by atoms with Gasteiger partial charge >= 0.3 is 0 Å². The Labute approximate surface area is 80.8 Å². The maximum absolute atomic E-state index is 5.87. The third-order valence-electron chi connectivity index (χ3n) is 3.81. The van der Waals surface area contributed by atoms with Gasteiger partial charge in [0.15, 0.2) is 0 Å². The average molecular weight is 183 g/mol. The first-order valence-corrected chi connectivity index (χ1v) is 5.62. The Balaban J connectivity index is 1.88. The highest BCUT2D eigenvalue weighted by Gasteiger charge is 2.36. The second kappa shape index (κ2) is 3.97. The molecule has 1 atom stereocenters. The molecule has 13 heavy (non-hydrogen) atoms. The molecule has 0 aromatic heterocycles. The first-order valence-electron chi connectivity index (χ1n) is 5.62. The van der Waals surface area contributed by atoms with Gasteiger partial charge in [-0.05, 0) is 18.8 Å². The molecule has 2 aliphatic rings. The Morgan fingerprint density at radius 3 is 2.62 bits per heavy atom. The van der Waals surface area contributed by atoms with E-state index in [1.54, 1.807) is 0 Å². The minimum atomic E-state index is 0.356. The molecular weight excluding hydrogens is 162 g/mol. The summed E-state index contributed by atoms with van der Waals surface area (Å²) in [7, 11) is 0. The molecule has 0 radical (unpaired) electrons. The number of ether oxygens (including phenoxy) is 1. The molecular formula is C11H21NO. The largest absolute Gasteiger partial charge is 0.381 e. The lowest BCUT2D eigenvalue weighted by atomic mass is 9.78. The van der Waals surface area contributed by atoms with Gasteiger partial charge in [-0.2, -0.15) is 0 Å². The summed E-state index contributed by atoms with van der Waals surface area (Å²) in [5.74, 6) is 0.949. The molecule has 1 saturated carbocycles. The van der Waals surface area contributed by atoms with Crippen LogP contribution in [0.15, 0.2) is 0 Å². The average Bonchev–Trinajstić information content (AvgIpc) is 2.77. The third-order valence-corrected chi connectivity index (χ3v) is 3.81. The Hall–Kier alpha value is -0.0800. The Morgan fingerprint density at radius 1 is 1.31 bits per heavy atom. The van der Waals surface area contributed by atoms with Gasteiger partial charge in [0.2, 0.25) is 0 Å². The van der Waals surface area contributed by atoms with Crippen LogP contribution in [-0.4, -0.2) is 19.8 Å². The van der Waals surface area contributed by atoms with Gasteiger partial charge < -0.3 is 10.5 Å². The molecule has 1 unspecified atom stereocenters. The minimum Gasteiger partial charge on any atom is -0.381 e. The standard InChI is InChI=1S/C11H21NO/c12-8-11(5-6-13-9-11)7-10-3-1-2-4-10/h10H,1-9,12H2. The summed E-state index contributed by atoms with van der Waals surface area (Å²) >= 11 is 0. The molecule has 0 spiro atoms. The smallest absolute Gasteiger partial charge is 0.0535 e. The van der Waals surface area contributed by atoms with Gasteiger partial charge in [0, 0.05) is 18.6 Å². The van der Waals surface area contributed by atoms with Gasteiger partial charge in [0.1, 0.15) is 0 Å². The van der Waals surface area contributed by atoms with Crippen LogP contribution in [0.3, 0.4) is 0 Å².